The first-order valence-corrected chi connectivity index (χ1v) is 8.88. The molecule has 0 saturated heterocycles. The molecule has 0 amide bonds. The summed E-state index contributed by atoms with van der Waals surface area (Å²) in [6.07, 6.45) is 0. The zero-order valence-electron chi connectivity index (χ0n) is 13.7. The Labute approximate surface area is 141 Å². The number of halogens is 2. The largest absolute Gasteiger partial charge is 0.376 e. The fourth-order valence-electron chi connectivity index (χ4n) is 1.86. The van der Waals surface area contributed by atoms with Crippen LogP contribution in [0, 0.1) is 11.6 Å². The fourth-order valence-corrected chi connectivity index (χ4v) is 2.61. The number of anilines is 2. The van der Waals surface area contributed by atoms with E-state index in [1.54, 1.807) is 45.0 Å². The second-order valence-corrected chi connectivity index (χ2v) is 8.80. The standard InChI is InChI=1S/C17H20F2N2O2S/c1-17(2,3)24(22,23)21-13-9-7-12(8-10-13)11-20-16-14(18)5-4-6-15(16)19/h4-10,20-21H,11H2,1-3H3. The van der Waals surface area contributed by atoms with Crippen LogP contribution in [0.4, 0.5) is 20.2 Å². The summed E-state index contributed by atoms with van der Waals surface area (Å²) in [5.41, 5.74) is 1.01. The lowest BCUT2D eigenvalue weighted by atomic mass is 10.2. The lowest BCUT2D eigenvalue weighted by molar-refractivity contribution is 0.566. The van der Waals surface area contributed by atoms with Crippen LogP contribution in [0.2, 0.25) is 0 Å². The lowest BCUT2D eigenvalue weighted by Crippen LogP contribution is -2.33. The third-order valence-corrected chi connectivity index (χ3v) is 5.56. The molecule has 0 spiro atoms. The molecule has 0 heterocycles. The zero-order chi connectivity index (χ0) is 18.0. The Balaban J connectivity index is 2.05. The van der Waals surface area contributed by atoms with E-state index in [-0.39, 0.29) is 12.2 Å². The van der Waals surface area contributed by atoms with E-state index in [2.05, 4.69) is 10.0 Å². The average molecular weight is 354 g/mol. The fraction of sp³-hybridized carbons (Fsp3) is 0.294. The molecule has 0 fully saturated rings. The molecule has 2 aromatic rings. The molecule has 0 aliphatic heterocycles. The minimum atomic E-state index is -3.49. The Morgan fingerprint density at radius 2 is 1.50 bits per heavy atom. The van der Waals surface area contributed by atoms with Crippen molar-refractivity contribution in [2.24, 2.45) is 0 Å². The van der Waals surface area contributed by atoms with Crippen LogP contribution in [0.25, 0.3) is 0 Å². The van der Waals surface area contributed by atoms with Crippen LogP contribution in [-0.4, -0.2) is 13.2 Å². The minimum absolute atomic E-state index is 0.185. The third-order valence-electron chi connectivity index (χ3n) is 3.44. The molecule has 0 radical (unpaired) electrons. The van der Waals surface area contributed by atoms with Gasteiger partial charge < -0.3 is 5.32 Å². The van der Waals surface area contributed by atoms with E-state index >= 15 is 0 Å². The molecular formula is C17H20F2N2O2S. The smallest absolute Gasteiger partial charge is 0.237 e. The number of nitrogens with one attached hydrogen (secondary N) is 2. The van der Waals surface area contributed by atoms with Crippen molar-refractivity contribution in [3.05, 3.63) is 59.7 Å². The van der Waals surface area contributed by atoms with Crippen LogP contribution in [0.1, 0.15) is 26.3 Å². The summed E-state index contributed by atoms with van der Waals surface area (Å²) in [6.45, 7) is 5.04. The molecule has 24 heavy (non-hydrogen) atoms. The molecule has 7 heteroatoms. The normalized spacial score (nSPS) is 12.0. The topological polar surface area (TPSA) is 58.2 Å². The molecule has 2 aromatic carbocycles. The quantitative estimate of drug-likeness (QED) is 0.849. The lowest BCUT2D eigenvalue weighted by Gasteiger charge is -2.20. The van der Waals surface area contributed by atoms with Gasteiger partial charge in [-0.25, -0.2) is 17.2 Å². The number of benzene rings is 2. The Hall–Kier alpha value is -2.15. The first kappa shape index (κ1) is 18.2. The van der Waals surface area contributed by atoms with Gasteiger partial charge in [-0.1, -0.05) is 18.2 Å². The maximum absolute atomic E-state index is 13.5. The molecule has 2 N–H and O–H groups in total. The summed E-state index contributed by atoms with van der Waals surface area (Å²) in [4.78, 5) is 0. The van der Waals surface area contributed by atoms with Gasteiger partial charge in [-0.3, -0.25) is 4.72 Å². The maximum atomic E-state index is 13.5. The summed E-state index contributed by atoms with van der Waals surface area (Å²) in [5, 5.41) is 2.70. The van der Waals surface area contributed by atoms with Crippen molar-refractivity contribution in [3.8, 4) is 0 Å². The SMILES string of the molecule is CC(C)(C)S(=O)(=O)Nc1ccc(CNc2c(F)cccc2F)cc1. The molecule has 0 atom stereocenters. The van der Waals surface area contributed by atoms with Crippen LogP contribution >= 0.6 is 0 Å². The van der Waals surface area contributed by atoms with Gasteiger partial charge in [0, 0.05) is 12.2 Å². The van der Waals surface area contributed by atoms with Crippen molar-refractivity contribution in [1.29, 1.82) is 0 Å². The van der Waals surface area contributed by atoms with Gasteiger partial charge >= 0.3 is 0 Å². The van der Waals surface area contributed by atoms with Gasteiger partial charge in [-0.15, -0.1) is 0 Å². The van der Waals surface area contributed by atoms with Crippen molar-refractivity contribution in [1.82, 2.24) is 0 Å². The number of rotatable bonds is 5. The van der Waals surface area contributed by atoms with Gasteiger partial charge in [0.1, 0.15) is 17.3 Å². The van der Waals surface area contributed by atoms with E-state index in [1.807, 2.05) is 0 Å². The highest BCUT2D eigenvalue weighted by Gasteiger charge is 2.28. The first-order valence-electron chi connectivity index (χ1n) is 7.39. The van der Waals surface area contributed by atoms with Gasteiger partial charge in [0.2, 0.25) is 10.0 Å². The van der Waals surface area contributed by atoms with E-state index in [0.717, 1.165) is 5.56 Å². The molecular weight excluding hydrogens is 334 g/mol. The van der Waals surface area contributed by atoms with E-state index in [9.17, 15) is 17.2 Å². The van der Waals surface area contributed by atoms with Gasteiger partial charge in [0.15, 0.2) is 0 Å². The van der Waals surface area contributed by atoms with Crippen LogP contribution in [0.5, 0.6) is 0 Å². The van der Waals surface area contributed by atoms with Crippen LogP contribution in [-0.2, 0) is 16.6 Å². The van der Waals surface area contributed by atoms with Crippen molar-refractivity contribution in [3.63, 3.8) is 0 Å². The highest BCUT2D eigenvalue weighted by Crippen LogP contribution is 2.21. The zero-order valence-corrected chi connectivity index (χ0v) is 14.5. The van der Waals surface area contributed by atoms with E-state index in [0.29, 0.717) is 5.69 Å². The van der Waals surface area contributed by atoms with Crippen molar-refractivity contribution >= 4 is 21.4 Å². The van der Waals surface area contributed by atoms with Crippen molar-refractivity contribution in [2.45, 2.75) is 32.1 Å². The summed E-state index contributed by atoms with van der Waals surface area (Å²) >= 11 is 0. The summed E-state index contributed by atoms with van der Waals surface area (Å²) in [7, 11) is -3.49. The second-order valence-electron chi connectivity index (χ2n) is 6.37. The van der Waals surface area contributed by atoms with Crippen LogP contribution in [0.15, 0.2) is 42.5 Å². The molecule has 0 aliphatic rings. The van der Waals surface area contributed by atoms with E-state index < -0.39 is 26.4 Å². The minimum Gasteiger partial charge on any atom is -0.376 e. The third kappa shape index (κ3) is 4.23. The Bertz CT molecular complexity index is 793. The Morgan fingerprint density at radius 3 is 2.00 bits per heavy atom. The highest BCUT2D eigenvalue weighted by atomic mass is 32.2. The maximum Gasteiger partial charge on any atom is 0.237 e. The Morgan fingerprint density at radius 1 is 0.958 bits per heavy atom. The van der Waals surface area contributed by atoms with Crippen LogP contribution < -0.4 is 10.0 Å². The molecule has 2 rings (SSSR count). The number of para-hydroxylation sites is 1. The van der Waals surface area contributed by atoms with Crippen molar-refractivity contribution < 1.29 is 17.2 Å². The molecule has 0 aliphatic carbocycles. The summed E-state index contributed by atoms with van der Waals surface area (Å²) < 4.78 is 52.8. The molecule has 130 valence electrons. The first-order chi connectivity index (χ1) is 11.1. The average Bonchev–Trinajstić information content (AvgIpc) is 2.47. The van der Waals surface area contributed by atoms with E-state index in [4.69, 9.17) is 0 Å². The molecule has 4 nitrogen and oxygen atoms in total. The van der Waals surface area contributed by atoms with E-state index in [1.165, 1.54) is 18.2 Å². The van der Waals surface area contributed by atoms with Crippen molar-refractivity contribution in [2.75, 3.05) is 10.0 Å². The highest BCUT2D eigenvalue weighted by molar-refractivity contribution is 7.94. The van der Waals surface area contributed by atoms with Gasteiger partial charge in [-0.05, 0) is 50.6 Å². The van der Waals surface area contributed by atoms with Gasteiger partial charge in [-0.2, -0.15) is 0 Å². The predicted molar refractivity (Wildman–Crippen MR) is 92.4 cm³/mol. The molecule has 0 saturated carbocycles. The summed E-state index contributed by atoms with van der Waals surface area (Å²) in [5.74, 6) is -1.32. The predicted octanol–water partition coefficient (Wildman–Crippen LogP) is 4.12. The number of hydrogen-bond donors (Lipinski definition) is 2. The molecule has 0 unspecified atom stereocenters. The molecule has 0 aromatic heterocycles. The van der Waals surface area contributed by atoms with Gasteiger partial charge in [0.05, 0.1) is 4.75 Å². The van der Waals surface area contributed by atoms with Gasteiger partial charge in [0.25, 0.3) is 0 Å². The second kappa shape index (κ2) is 6.76. The van der Waals surface area contributed by atoms with Crippen LogP contribution in [0.3, 0.4) is 0 Å². The number of hydrogen-bond acceptors (Lipinski definition) is 3. The number of sulfonamides is 1. The molecule has 0 bridgehead atoms. The monoisotopic (exact) mass is 354 g/mol. The summed E-state index contributed by atoms with van der Waals surface area (Å²) in [6, 6.07) is 10.2. The Kier molecular flexibility index (Phi) is 5.13.